The van der Waals surface area contributed by atoms with Gasteiger partial charge in [-0.3, -0.25) is 25.5 Å². The first-order chi connectivity index (χ1) is 14.9. The van der Waals surface area contributed by atoms with Crippen molar-refractivity contribution in [1.29, 1.82) is 0 Å². The number of anilines is 3. The molecule has 3 amide bonds. The van der Waals surface area contributed by atoms with Crippen molar-refractivity contribution in [2.24, 2.45) is 0 Å². The van der Waals surface area contributed by atoms with Crippen molar-refractivity contribution in [3.05, 3.63) is 69.5 Å². The summed E-state index contributed by atoms with van der Waals surface area (Å²) in [7, 11) is 0. The molecule has 0 unspecified atom stereocenters. The van der Waals surface area contributed by atoms with Crippen LogP contribution in [0, 0.1) is 15.9 Å². The average Bonchev–Trinajstić information content (AvgIpc) is 3.35. The van der Waals surface area contributed by atoms with Gasteiger partial charge in [-0.1, -0.05) is 11.3 Å². The van der Waals surface area contributed by atoms with E-state index in [0.29, 0.717) is 15.9 Å². The second kappa shape index (κ2) is 8.41. The standard InChI is InChI=1S/C18H11FN6O4S2/c19-9-1-3-10(4-2-9)20-16(27)24-17-22-13(8-30-17)15(26)23-18-21-12-6-5-11(25(28)29)7-14(12)31-18/h1-8H,(H,21,23,26)(H2,20,22,24,27). The molecule has 2 aromatic heterocycles. The highest BCUT2D eigenvalue weighted by Gasteiger charge is 2.16. The Morgan fingerprint density at radius 3 is 2.52 bits per heavy atom. The summed E-state index contributed by atoms with van der Waals surface area (Å²) in [5.41, 5.74) is 0.906. The number of amides is 3. The molecule has 2 aromatic carbocycles. The molecule has 0 aliphatic carbocycles. The molecule has 4 rings (SSSR count). The number of non-ortho nitro benzene ring substituents is 1. The fraction of sp³-hybridized carbons (Fsp3) is 0. The van der Waals surface area contributed by atoms with Gasteiger partial charge in [0.05, 0.1) is 15.1 Å². The van der Waals surface area contributed by atoms with Gasteiger partial charge in [-0.25, -0.2) is 19.2 Å². The van der Waals surface area contributed by atoms with E-state index in [9.17, 15) is 24.1 Å². The number of hydrogen-bond donors (Lipinski definition) is 3. The van der Waals surface area contributed by atoms with Crippen LogP contribution in [0.2, 0.25) is 0 Å². The summed E-state index contributed by atoms with van der Waals surface area (Å²) in [6, 6.07) is 8.86. The first kappa shape index (κ1) is 20.3. The highest BCUT2D eigenvalue weighted by Crippen LogP contribution is 2.29. The Labute approximate surface area is 180 Å². The van der Waals surface area contributed by atoms with E-state index in [0.717, 1.165) is 22.7 Å². The number of nitrogens with one attached hydrogen (secondary N) is 3. The quantitative estimate of drug-likeness (QED) is 0.293. The van der Waals surface area contributed by atoms with E-state index >= 15 is 0 Å². The SMILES string of the molecule is O=C(Nc1ccc(F)cc1)Nc1nc(C(=O)Nc2nc3ccc([N+](=O)[O-])cc3s2)cs1. The van der Waals surface area contributed by atoms with Crippen LogP contribution in [0.4, 0.5) is 30.8 Å². The molecule has 0 radical (unpaired) electrons. The Hall–Kier alpha value is -3.97. The minimum absolute atomic E-state index is 0.0623. The molecule has 0 atom stereocenters. The van der Waals surface area contributed by atoms with Gasteiger partial charge in [0, 0.05) is 23.2 Å². The third-order valence-corrected chi connectivity index (χ3v) is 5.55. The third-order valence-electron chi connectivity index (χ3n) is 3.86. The van der Waals surface area contributed by atoms with Gasteiger partial charge in [-0.05, 0) is 30.3 Å². The van der Waals surface area contributed by atoms with Gasteiger partial charge in [0.1, 0.15) is 11.5 Å². The maximum atomic E-state index is 12.9. The van der Waals surface area contributed by atoms with Crippen LogP contribution in [0.3, 0.4) is 0 Å². The zero-order valence-electron chi connectivity index (χ0n) is 15.3. The number of carbonyl (C=O) groups is 2. The maximum absolute atomic E-state index is 12.9. The van der Waals surface area contributed by atoms with Crippen molar-refractivity contribution in [2.75, 3.05) is 16.0 Å². The van der Waals surface area contributed by atoms with E-state index in [1.54, 1.807) is 0 Å². The molecular formula is C18H11FN6O4S2. The molecule has 0 saturated heterocycles. The van der Waals surface area contributed by atoms with Crippen LogP contribution in [0.15, 0.2) is 47.8 Å². The number of nitrogens with zero attached hydrogens (tertiary/aromatic N) is 3. The van der Waals surface area contributed by atoms with Crippen LogP contribution in [0.25, 0.3) is 10.2 Å². The van der Waals surface area contributed by atoms with Crippen LogP contribution in [0.1, 0.15) is 10.5 Å². The molecule has 0 spiro atoms. The van der Waals surface area contributed by atoms with Gasteiger partial charge < -0.3 is 5.32 Å². The van der Waals surface area contributed by atoms with Crippen molar-refractivity contribution in [3.8, 4) is 0 Å². The van der Waals surface area contributed by atoms with Crippen molar-refractivity contribution < 1.29 is 18.9 Å². The van der Waals surface area contributed by atoms with Gasteiger partial charge in [0.15, 0.2) is 10.3 Å². The minimum Gasteiger partial charge on any atom is -0.308 e. The average molecular weight is 458 g/mol. The predicted molar refractivity (Wildman–Crippen MR) is 115 cm³/mol. The lowest BCUT2D eigenvalue weighted by Crippen LogP contribution is -2.19. The van der Waals surface area contributed by atoms with Gasteiger partial charge in [-0.15, -0.1) is 11.3 Å². The largest absolute Gasteiger partial charge is 0.325 e. The van der Waals surface area contributed by atoms with Crippen LogP contribution in [0.5, 0.6) is 0 Å². The lowest BCUT2D eigenvalue weighted by molar-refractivity contribution is -0.384. The Kier molecular flexibility index (Phi) is 5.51. The van der Waals surface area contributed by atoms with Gasteiger partial charge in [-0.2, -0.15) is 0 Å². The molecule has 0 saturated carbocycles. The van der Waals surface area contributed by atoms with E-state index in [1.807, 2.05) is 0 Å². The third kappa shape index (κ3) is 4.79. The number of nitro benzene ring substituents is 1. The first-order valence-corrected chi connectivity index (χ1v) is 10.2. The molecule has 13 heteroatoms. The summed E-state index contributed by atoms with van der Waals surface area (Å²) in [5.74, 6) is -0.968. The molecule has 156 valence electrons. The molecule has 3 N–H and O–H groups in total. The van der Waals surface area contributed by atoms with E-state index < -0.39 is 22.7 Å². The van der Waals surface area contributed by atoms with E-state index in [4.69, 9.17) is 0 Å². The number of hydrogen-bond acceptors (Lipinski definition) is 8. The molecule has 10 nitrogen and oxygen atoms in total. The fourth-order valence-corrected chi connectivity index (χ4v) is 4.05. The number of nitro groups is 1. The van der Waals surface area contributed by atoms with Gasteiger partial charge >= 0.3 is 6.03 Å². The number of halogens is 1. The molecule has 4 aromatic rings. The number of carbonyl (C=O) groups excluding carboxylic acids is 2. The van der Waals surface area contributed by atoms with Crippen molar-refractivity contribution >= 4 is 66.5 Å². The summed E-state index contributed by atoms with van der Waals surface area (Å²) >= 11 is 2.14. The molecule has 2 heterocycles. The fourth-order valence-electron chi connectivity index (χ4n) is 2.47. The number of urea groups is 1. The zero-order valence-corrected chi connectivity index (χ0v) is 16.9. The Morgan fingerprint density at radius 2 is 1.77 bits per heavy atom. The summed E-state index contributed by atoms with van der Waals surface area (Å²) in [5, 5.41) is 20.4. The smallest absolute Gasteiger partial charge is 0.308 e. The second-order valence-electron chi connectivity index (χ2n) is 6.01. The molecule has 0 bridgehead atoms. The van der Waals surface area contributed by atoms with E-state index in [2.05, 4.69) is 25.9 Å². The highest BCUT2D eigenvalue weighted by atomic mass is 32.1. The number of fused-ring (bicyclic) bond motifs is 1. The number of thiazole rings is 2. The van der Waals surface area contributed by atoms with Crippen molar-refractivity contribution in [2.45, 2.75) is 0 Å². The predicted octanol–water partition coefficient (Wildman–Crippen LogP) is 4.70. The molecule has 31 heavy (non-hydrogen) atoms. The summed E-state index contributed by atoms with van der Waals surface area (Å²) in [4.78, 5) is 43.1. The van der Waals surface area contributed by atoms with Gasteiger partial charge in [0.25, 0.3) is 11.6 Å². The summed E-state index contributed by atoms with van der Waals surface area (Å²) < 4.78 is 13.5. The normalized spacial score (nSPS) is 10.6. The van der Waals surface area contributed by atoms with E-state index in [-0.39, 0.29) is 21.6 Å². The monoisotopic (exact) mass is 458 g/mol. The maximum Gasteiger partial charge on any atom is 0.325 e. The minimum atomic E-state index is -0.597. The number of benzene rings is 2. The van der Waals surface area contributed by atoms with Crippen molar-refractivity contribution in [1.82, 2.24) is 9.97 Å². The van der Waals surface area contributed by atoms with Crippen LogP contribution >= 0.6 is 22.7 Å². The zero-order chi connectivity index (χ0) is 22.0. The molecule has 0 aliphatic heterocycles. The summed E-state index contributed by atoms with van der Waals surface area (Å²) in [6.45, 7) is 0. The number of rotatable bonds is 5. The lowest BCUT2D eigenvalue weighted by atomic mass is 10.3. The molecule has 0 aliphatic rings. The highest BCUT2D eigenvalue weighted by molar-refractivity contribution is 7.22. The van der Waals surface area contributed by atoms with Crippen LogP contribution < -0.4 is 16.0 Å². The Morgan fingerprint density at radius 1 is 1.00 bits per heavy atom. The van der Waals surface area contributed by atoms with Crippen LogP contribution in [-0.4, -0.2) is 26.8 Å². The topological polar surface area (TPSA) is 139 Å². The first-order valence-electron chi connectivity index (χ1n) is 8.53. The Bertz CT molecular complexity index is 1300. The lowest BCUT2D eigenvalue weighted by Gasteiger charge is -2.04. The number of aromatic nitrogens is 2. The Balaban J connectivity index is 1.39. The van der Waals surface area contributed by atoms with E-state index in [1.165, 1.54) is 47.8 Å². The van der Waals surface area contributed by atoms with Crippen molar-refractivity contribution in [3.63, 3.8) is 0 Å². The summed E-state index contributed by atoms with van der Waals surface area (Å²) in [6.07, 6.45) is 0. The van der Waals surface area contributed by atoms with Crippen LogP contribution in [-0.2, 0) is 0 Å². The second-order valence-corrected chi connectivity index (χ2v) is 7.89. The molecular weight excluding hydrogens is 447 g/mol. The molecule has 0 fully saturated rings. The van der Waals surface area contributed by atoms with Gasteiger partial charge in [0.2, 0.25) is 0 Å².